The van der Waals surface area contributed by atoms with Crippen LogP contribution in [0.15, 0.2) is 22.7 Å². The minimum absolute atomic E-state index is 0.537. The van der Waals surface area contributed by atoms with Crippen molar-refractivity contribution in [2.75, 3.05) is 14.2 Å². The van der Waals surface area contributed by atoms with E-state index in [0.29, 0.717) is 6.04 Å². The highest BCUT2D eigenvalue weighted by Gasteiger charge is 2.17. The third-order valence-corrected chi connectivity index (χ3v) is 5.26. The van der Waals surface area contributed by atoms with Crippen LogP contribution in [0.3, 0.4) is 0 Å². The zero-order chi connectivity index (χ0) is 15.1. The van der Waals surface area contributed by atoms with Gasteiger partial charge in [0.25, 0.3) is 0 Å². The SMILES string of the molecule is CNC(CCC1CCCCC1)Cc1cc(Br)ccc1OC. The van der Waals surface area contributed by atoms with Gasteiger partial charge in [0.05, 0.1) is 7.11 Å². The zero-order valence-corrected chi connectivity index (χ0v) is 14.9. The molecule has 0 saturated heterocycles. The number of nitrogens with one attached hydrogen (secondary N) is 1. The normalized spacial score (nSPS) is 17.7. The van der Waals surface area contributed by atoms with E-state index in [1.807, 2.05) is 12.1 Å². The quantitative estimate of drug-likeness (QED) is 0.748. The van der Waals surface area contributed by atoms with Crippen LogP contribution in [0.25, 0.3) is 0 Å². The minimum Gasteiger partial charge on any atom is -0.496 e. The Hall–Kier alpha value is -0.540. The first-order chi connectivity index (χ1) is 10.2. The van der Waals surface area contributed by atoms with Gasteiger partial charge in [-0.3, -0.25) is 0 Å². The topological polar surface area (TPSA) is 21.3 Å². The second-order valence-electron chi connectivity index (χ2n) is 6.23. The Kier molecular flexibility index (Phi) is 7.05. The summed E-state index contributed by atoms with van der Waals surface area (Å²) in [6.07, 6.45) is 10.9. The van der Waals surface area contributed by atoms with Gasteiger partial charge in [0, 0.05) is 10.5 Å². The number of hydrogen-bond donors (Lipinski definition) is 1. The lowest BCUT2D eigenvalue weighted by Gasteiger charge is -2.24. The Balaban J connectivity index is 1.90. The van der Waals surface area contributed by atoms with E-state index in [1.165, 1.54) is 50.5 Å². The van der Waals surface area contributed by atoms with Crippen LogP contribution in [0.1, 0.15) is 50.5 Å². The molecule has 0 aliphatic heterocycles. The number of ether oxygens (including phenoxy) is 1. The Morgan fingerprint density at radius 3 is 2.71 bits per heavy atom. The molecule has 1 unspecified atom stereocenters. The summed E-state index contributed by atoms with van der Waals surface area (Å²) in [6, 6.07) is 6.81. The largest absolute Gasteiger partial charge is 0.496 e. The van der Waals surface area contributed by atoms with Gasteiger partial charge >= 0.3 is 0 Å². The van der Waals surface area contributed by atoms with E-state index in [4.69, 9.17) is 4.74 Å². The molecule has 0 heterocycles. The maximum Gasteiger partial charge on any atom is 0.122 e. The number of halogens is 1. The molecule has 2 nitrogen and oxygen atoms in total. The molecule has 118 valence electrons. The summed E-state index contributed by atoms with van der Waals surface area (Å²) in [5.74, 6) is 1.95. The van der Waals surface area contributed by atoms with Gasteiger partial charge in [0.15, 0.2) is 0 Å². The van der Waals surface area contributed by atoms with Crippen molar-refractivity contribution < 1.29 is 4.74 Å². The number of likely N-dealkylation sites (N-methyl/N-ethyl adjacent to an activating group) is 1. The molecule has 1 atom stereocenters. The third kappa shape index (κ3) is 5.30. The van der Waals surface area contributed by atoms with E-state index in [9.17, 15) is 0 Å². The molecule has 21 heavy (non-hydrogen) atoms. The van der Waals surface area contributed by atoms with Gasteiger partial charge in [0.2, 0.25) is 0 Å². The Bertz CT molecular complexity index is 429. The van der Waals surface area contributed by atoms with Gasteiger partial charge < -0.3 is 10.1 Å². The molecule has 0 spiro atoms. The molecule has 1 aromatic carbocycles. The van der Waals surface area contributed by atoms with Crippen molar-refractivity contribution >= 4 is 15.9 Å². The number of benzene rings is 1. The first-order valence-electron chi connectivity index (χ1n) is 8.22. The minimum atomic E-state index is 0.537. The monoisotopic (exact) mass is 353 g/mol. The first kappa shape index (κ1) is 16.8. The highest BCUT2D eigenvalue weighted by molar-refractivity contribution is 9.10. The maximum absolute atomic E-state index is 5.49. The third-order valence-electron chi connectivity index (χ3n) is 4.77. The molecule has 1 aliphatic carbocycles. The molecule has 0 amide bonds. The second kappa shape index (κ2) is 8.79. The Labute approximate surface area is 137 Å². The van der Waals surface area contributed by atoms with Crippen LogP contribution in [-0.2, 0) is 6.42 Å². The molecule has 1 saturated carbocycles. The van der Waals surface area contributed by atoms with Gasteiger partial charge in [-0.2, -0.15) is 0 Å². The summed E-state index contributed by atoms with van der Waals surface area (Å²) < 4.78 is 6.62. The number of rotatable bonds is 7. The van der Waals surface area contributed by atoms with E-state index in [1.54, 1.807) is 7.11 Å². The van der Waals surface area contributed by atoms with E-state index in [0.717, 1.165) is 22.6 Å². The fraction of sp³-hybridized carbons (Fsp3) is 0.667. The summed E-state index contributed by atoms with van der Waals surface area (Å²) in [7, 11) is 3.83. The summed E-state index contributed by atoms with van der Waals surface area (Å²) in [5.41, 5.74) is 1.29. The van der Waals surface area contributed by atoms with Gasteiger partial charge in [-0.25, -0.2) is 0 Å². The summed E-state index contributed by atoms with van der Waals surface area (Å²) in [4.78, 5) is 0. The van der Waals surface area contributed by atoms with Crippen molar-refractivity contribution in [3.8, 4) is 5.75 Å². The molecule has 3 heteroatoms. The standard InChI is InChI=1S/C18H28BrNO/c1-20-17(10-8-14-6-4-3-5-7-14)13-15-12-16(19)9-11-18(15)21-2/h9,11-12,14,17,20H,3-8,10,13H2,1-2H3. The Morgan fingerprint density at radius 1 is 1.29 bits per heavy atom. The van der Waals surface area contributed by atoms with Crippen molar-refractivity contribution in [1.82, 2.24) is 5.32 Å². The van der Waals surface area contributed by atoms with Crippen LogP contribution in [-0.4, -0.2) is 20.2 Å². The van der Waals surface area contributed by atoms with Crippen LogP contribution in [0.4, 0.5) is 0 Å². The molecular formula is C18H28BrNO. The van der Waals surface area contributed by atoms with E-state index in [2.05, 4.69) is 34.4 Å². The van der Waals surface area contributed by atoms with Gasteiger partial charge in [0.1, 0.15) is 5.75 Å². The van der Waals surface area contributed by atoms with E-state index < -0.39 is 0 Å². The number of hydrogen-bond acceptors (Lipinski definition) is 2. The van der Waals surface area contributed by atoms with Crippen molar-refractivity contribution in [2.24, 2.45) is 5.92 Å². The average Bonchev–Trinajstić information content (AvgIpc) is 2.52. The Morgan fingerprint density at radius 2 is 2.05 bits per heavy atom. The van der Waals surface area contributed by atoms with Crippen LogP contribution in [0, 0.1) is 5.92 Å². The van der Waals surface area contributed by atoms with Crippen molar-refractivity contribution in [2.45, 2.75) is 57.4 Å². The highest BCUT2D eigenvalue weighted by Crippen LogP contribution is 2.29. The molecule has 1 N–H and O–H groups in total. The van der Waals surface area contributed by atoms with Crippen molar-refractivity contribution in [3.63, 3.8) is 0 Å². The van der Waals surface area contributed by atoms with Crippen LogP contribution < -0.4 is 10.1 Å². The molecule has 0 bridgehead atoms. The molecule has 1 aromatic rings. The lowest BCUT2D eigenvalue weighted by Crippen LogP contribution is -2.28. The summed E-state index contributed by atoms with van der Waals surface area (Å²) in [6.45, 7) is 0. The fourth-order valence-corrected chi connectivity index (χ4v) is 3.84. The van der Waals surface area contributed by atoms with Gasteiger partial charge in [-0.1, -0.05) is 48.0 Å². The van der Waals surface area contributed by atoms with E-state index in [-0.39, 0.29) is 0 Å². The van der Waals surface area contributed by atoms with Gasteiger partial charge in [-0.15, -0.1) is 0 Å². The average molecular weight is 354 g/mol. The maximum atomic E-state index is 5.49. The molecule has 0 radical (unpaired) electrons. The molecule has 2 rings (SSSR count). The molecular weight excluding hydrogens is 326 g/mol. The van der Waals surface area contributed by atoms with Crippen LogP contribution >= 0.6 is 15.9 Å². The van der Waals surface area contributed by atoms with Crippen LogP contribution in [0.5, 0.6) is 5.75 Å². The highest BCUT2D eigenvalue weighted by atomic mass is 79.9. The first-order valence-corrected chi connectivity index (χ1v) is 9.02. The van der Waals surface area contributed by atoms with Crippen LogP contribution in [0.2, 0.25) is 0 Å². The molecule has 0 aromatic heterocycles. The summed E-state index contributed by atoms with van der Waals surface area (Å²) in [5, 5.41) is 3.49. The predicted molar refractivity (Wildman–Crippen MR) is 93.1 cm³/mol. The second-order valence-corrected chi connectivity index (χ2v) is 7.14. The zero-order valence-electron chi connectivity index (χ0n) is 13.3. The van der Waals surface area contributed by atoms with E-state index >= 15 is 0 Å². The molecule has 1 aliphatic rings. The van der Waals surface area contributed by atoms with Crippen molar-refractivity contribution in [1.29, 1.82) is 0 Å². The number of methoxy groups -OCH3 is 1. The fourth-order valence-electron chi connectivity index (χ4n) is 3.43. The van der Waals surface area contributed by atoms with Crippen molar-refractivity contribution in [3.05, 3.63) is 28.2 Å². The molecule has 1 fully saturated rings. The lowest BCUT2D eigenvalue weighted by atomic mass is 9.84. The predicted octanol–water partition coefficient (Wildman–Crippen LogP) is 4.95. The smallest absolute Gasteiger partial charge is 0.122 e. The lowest BCUT2D eigenvalue weighted by molar-refractivity contribution is 0.315. The summed E-state index contributed by atoms with van der Waals surface area (Å²) >= 11 is 3.56. The van der Waals surface area contributed by atoms with Gasteiger partial charge in [-0.05, 0) is 56.0 Å².